The first-order chi connectivity index (χ1) is 10.2. The predicted molar refractivity (Wildman–Crippen MR) is 77.0 cm³/mol. The Morgan fingerprint density at radius 3 is 2.67 bits per heavy atom. The average molecular weight is 285 g/mol. The lowest BCUT2D eigenvalue weighted by molar-refractivity contribution is 0.0695. The molecule has 0 spiro atoms. The Bertz CT molecular complexity index is 697. The Hall–Kier alpha value is -2.56. The van der Waals surface area contributed by atoms with E-state index in [1.54, 1.807) is 12.1 Å². The fourth-order valence-electron chi connectivity index (χ4n) is 2.33. The van der Waals surface area contributed by atoms with Gasteiger partial charge < -0.3 is 14.6 Å². The van der Waals surface area contributed by atoms with Crippen LogP contribution in [0.5, 0.6) is 11.5 Å². The van der Waals surface area contributed by atoms with Crippen molar-refractivity contribution in [3.8, 4) is 22.8 Å². The topological polar surface area (TPSA) is 68.7 Å². The van der Waals surface area contributed by atoms with Gasteiger partial charge >= 0.3 is 5.97 Å². The van der Waals surface area contributed by atoms with Gasteiger partial charge in [-0.15, -0.1) is 0 Å². The highest BCUT2D eigenvalue weighted by Gasteiger charge is 2.15. The Morgan fingerprint density at radius 2 is 1.95 bits per heavy atom. The van der Waals surface area contributed by atoms with E-state index in [1.165, 1.54) is 0 Å². The normalized spacial score (nSPS) is 13.0. The smallest absolute Gasteiger partial charge is 0.337 e. The molecule has 5 heteroatoms. The van der Waals surface area contributed by atoms with Crippen molar-refractivity contribution in [1.82, 2.24) is 4.98 Å². The molecule has 5 nitrogen and oxygen atoms in total. The molecule has 0 bridgehead atoms. The van der Waals surface area contributed by atoms with Gasteiger partial charge in [-0.1, -0.05) is 6.92 Å². The van der Waals surface area contributed by atoms with Crippen LogP contribution < -0.4 is 9.47 Å². The summed E-state index contributed by atoms with van der Waals surface area (Å²) in [5.74, 6) is 0.469. The number of carbonyl (C=O) groups is 1. The van der Waals surface area contributed by atoms with Gasteiger partial charge in [-0.25, -0.2) is 4.79 Å². The lowest BCUT2D eigenvalue weighted by atomic mass is 10.1. The van der Waals surface area contributed by atoms with E-state index < -0.39 is 5.97 Å². The summed E-state index contributed by atoms with van der Waals surface area (Å²) in [6.45, 7) is 2.97. The molecule has 0 atom stereocenters. The van der Waals surface area contributed by atoms with E-state index in [4.69, 9.17) is 14.6 Å². The summed E-state index contributed by atoms with van der Waals surface area (Å²) in [7, 11) is 0. The fraction of sp³-hybridized carbons (Fsp3) is 0.250. The number of rotatable bonds is 3. The van der Waals surface area contributed by atoms with Gasteiger partial charge in [0, 0.05) is 5.56 Å². The van der Waals surface area contributed by atoms with Crippen LogP contribution in [0.3, 0.4) is 0 Å². The molecule has 1 N–H and O–H groups in total. The Morgan fingerprint density at radius 1 is 1.19 bits per heavy atom. The summed E-state index contributed by atoms with van der Waals surface area (Å²) < 4.78 is 11.0. The number of pyridine rings is 1. The molecule has 0 unspecified atom stereocenters. The second-order valence-electron chi connectivity index (χ2n) is 4.71. The third kappa shape index (κ3) is 2.54. The molecule has 1 aromatic heterocycles. The summed E-state index contributed by atoms with van der Waals surface area (Å²) in [6.07, 6.45) is 0.569. The lowest BCUT2D eigenvalue weighted by Gasteiger charge is -2.19. The first kappa shape index (κ1) is 13.4. The van der Waals surface area contributed by atoms with Crippen LogP contribution >= 0.6 is 0 Å². The average Bonchev–Trinajstić information content (AvgIpc) is 2.53. The van der Waals surface area contributed by atoms with Crippen LogP contribution in [0.25, 0.3) is 11.3 Å². The third-order valence-corrected chi connectivity index (χ3v) is 3.38. The minimum absolute atomic E-state index is 0.249. The number of hydrogen-bond acceptors (Lipinski definition) is 4. The minimum atomic E-state index is -0.951. The van der Waals surface area contributed by atoms with Gasteiger partial charge in [0.05, 0.1) is 17.0 Å². The molecule has 0 radical (unpaired) electrons. The lowest BCUT2D eigenvalue weighted by Crippen LogP contribution is -2.15. The first-order valence-electron chi connectivity index (χ1n) is 6.82. The highest BCUT2D eigenvalue weighted by molar-refractivity contribution is 5.89. The van der Waals surface area contributed by atoms with Crippen LogP contribution in [0.15, 0.2) is 30.3 Å². The van der Waals surface area contributed by atoms with Gasteiger partial charge in [-0.2, -0.15) is 0 Å². The highest BCUT2D eigenvalue weighted by Crippen LogP contribution is 2.34. The fourth-order valence-corrected chi connectivity index (χ4v) is 2.33. The van der Waals surface area contributed by atoms with Gasteiger partial charge in [-0.05, 0) is 36.8 Å². The maximum atomic E-state index is 11.1. The summed E-state index contributed by atoms with van der Waals surface area (Å²) in [5, 5.41) is 9.14. The molecule has 0 amide bonds. The van der Waals surface area contributed by atoms with Crippen molar-refractivity contribution in [2.45, 2.75) is 13.3 Å². The monoisotopic (exact) mass is 285 g/mol. The van der Waals surface area contributed by atoms with Gasteiger partial charge in [0.25, 0.3) is 0 Å². The number of aromatic carboxylic acids is 1. The van der Waals surface area contributed by atoms with Crippen molar-refractivity contribution in [3.05, 3.63) is 41.6 Å². The molecule has 1 aromatic carbocycles. The molecule has 0 fully saturated rings. The van der Waals surface area contributed by atoms with E-state index in [0.717, 1.165) is 17.0 Å². The van der Waals surface area contributed by atoms with E-state index >= 15 is 0 Å². The molecule has 21 heavy (non-hydrogen) atoms. The number of fused-ring (bicyclic) bond motifs is 1. The van der Waals surface area contributed by atoms with Crippen molar-refractivity contribution in [3.63, 3.8) is 0 Å². The van der Waals surface area contributed by atoms with Crippen molar-refractivity contribution < 1.29 is 19.4 Å². The summed E-state index contributed by atoms with van der Waals surface area (Å²) in [4.78, 5) is 15.6. The zero-order valence-corrected chi connectivity index (χ0v) is 11.6. The second-order valence-corrected chi connectivity index (χ2v) is 4.71. The predicted octanol–water partition coefficient (Wildman–Crippen LogP) is 2.78. The van der Waals surface area contributed by atoms with E-state index in [9.17, 15) is 4.79 Å². The molecule has 0 saturated heterocycles. The van der Waals surface area contributed by atoms with Crippen molar-refractivity contribution in [1.29, 1.82) is 0 Å². The van der Waals surface area contributed by atoms with Gasteiger partial charge in [0.2, 0.25) is 0 Å². The maximum absolute atomic E-state index is 11.1. The van der Waals surface area contributed by atoms with Crippen LogP contribution in [-0.2, 0) is 6.42 Å². The number of benzene rings is 1. The van der Waals surface area contributed by atoms with Gasteiger partial charge in [-0.3, -0.25) is 4.98 Å². The van der Waals surface area contributed by atoms with Crippen molar-refractivity contribution in [2.24, 2.45) is 0 Å². The molecule has 3 rings (SSSR count). The van der Waals surface area contributed by atoms with Crippen LogP contribution in [0, 0.1) is 0 Å². The standard InChI is InChI=1S/C16H15NO4/c1-2-12-11(16(18)19)4-5-13(17-12)10-3-6-14-15(9-10)21-8-7-20-14/h3-6,9H,2,7-8H2,1H3,(H,18,19). The second kappa shape index (κ2) is 5.44. The SMILES string of the molecule is CCc1nc(-c2ccc3c(c2)OCCO3)ccc1C(=O)O. The summed E-state index contributed by atoms with van der Waals surface area (Å²) >= 11 is 0. The molecule has 1 aliphatic heterocycles. The number of aromatic nitrogens is 1. The number of nitrogens with zero attached hydrogens (tertiary/aromatic N) is 1. The molecule has 1 aliphatic rings. The van der Waals surface area contributed by atoms with Crippen molar-refractivity contribution >= 4 is 5.97 Å². The zero-order chi connectivity index (χ0) is 14.8. The van der Waals surface area contributed by atoms with Crippen LogP contribution in [0.4, 0.5) is 0 Å². The number of carboxylic acids is 1. The molecular formula is C16H15NO4. The number of aryl methyl sites for hydroxylation is 1. The van der Waals surface area contributed by atoms with E-state index in [-0.39, 0.29) is 5.56 Å². The highest BCUT2D eigenvalue weighted by atomic mass is 16.6. The number of carboxylic acid groups (broad SMARTS) is 1. The van der Waals surface area contributed by atoms with E-state index in [0.29, 0.717) is 31.1 Å². The van der Waals surface area contributed by atoms with E-state index in [1.807, 2.05) is 25.1 Å². The minimum Gasteiger partial charge on any atom is -0.486 e. The molecule has 2 aromatic rings. The molecular weight excluding hydrogens is 270 g/mol. The van der Waals surface area contributed by atoms with Crippen LogP contribution in [0.1, 0.15) is 23.0 Å². The Balaban J connectivity index is 2.02. The summed E-state index contributed by atoms with van der Waals surface area (Å²) in [6, 6.07) is 8.93. The van der Waals surface area contributed by atoms with Gasteiger partial charge in [0.15, 0.2) is 11.5 Å². The summed E-state index contributed by atoms with van der Waals surface area (Å²) in [5.41, 5.74) is 2.44. The molecule has 0 saturated carbocycles. The Kier molecular flexibility index (Phi) is 3.48. The van der Waals surface area contributed by atoms with Crippen molar-refractivity contribution in [2.75, 3.05) is 13.2 Å². The molecule has 2 heterocycles. The quantitative estimate of drug-likeness (QED) is 0.939. The maximum Gasteiger partial charge on any atom is 0.337 e. The number of ether oxygens (including phenoxy) is 2. The third-order valence-electron chi connectivity index (χ3n) is 3.38. The van der Waals surface area contributed by atoms with Gasteiger partial charge in [0.1, 0.15) is 13.2 Å². The van der Waals surface area contributed by atoms with Crippen LogP contribution in [-0.4, -0.2) is 29.3 Å². The molecule has 108 valence electrons. The zero-order valence-electron chi connectivity index (χ0n) is 11.6. The Labute approximate surface area is 122 Å². The van der Waals surface area contributed by atoms with E-state index in [2.05, 4.69) is 4.98 Å². The number of hydrogen-bond donors (Lipinski definition) is 1. The van der Waals surface area contributed by atoms with Crippen LogP contribution in [0.2, 0.25) is 0 Å². The molecule has 0 aliphatic carbocycles. The largest absolute Gasteiger partial charge is 0.486 e. The first-order valence-corrected chi connectivity index (χ1v) is 6.82.